The van der Waals surface area contributed by atoms with Gasteiger partial charge < -0.3 is 23.9 Å². The number of H-pyrrole nitrogens is 1. The Balaban J connectivity index is 1.30. The Kier molecular flexibility index (Phi) is 6.15. The number of carboxylic acids is 1. The molecular formula is C29H21N5O6. The van der Waals surface area contributed by atoms with Gasteiger partial charge >= 0.3 is 5.97 Å². The molecule has 6 aromatic rings. The maximum atomic E-state index is 13.1. The Morgan fingerprint density at radius 1 is 0.875 bits per heavy atom. The van der Waals surface area contributed by atoms with E-state index < -0.39 is 11.5 Å². The molecule has 0 unspecified atom stereocenters. The molecule has 0 radical (unpaired) electrons. The van der Waals surface area contributed by atoms with Crippen LogP contribution < -0.4 is 10.3 Å². The highest BCUT2D eigenvalue weighted by Gasteiger charge is 2.20. The van der Waals surface area contributed by atoms with Crippen LogP contribution in [0.1, 0.15) is 33.3 Å². The van der Waals surface area contributed by atoms with Crippen LogP contribution in [0.3, 0.4) is 0 Å². The third-order valence-electron chi connectivity index (χ3n) is 6.27. The molecule has 11 nitrogen and oxygen atoms in total. The zero-order valence-electron chi connectivity index (χ0n) is 21.3. The highest BCUT2D eigenvalue weighted by atomic mass is 16.5. The van der Waals surface area contributed by atoms with Gasteiger partial charge in [0.05, 0.1) is 11.1 Å². The number of aryl methyl sites for hydroxylation is 2. The van der Waals surface area contributed by atoms with Crippen molar-refractivity contribution in [1.82, 2.24) is 25.3 Å². The number of fused-ring (bicyclic) bond motifs is 1. The number of nitrogens with one attached hydrogen (secondary N) is 1. The summed E-state index contributed by atoms with van der Waals surface area (Å²) >= 11 is 0. The summed E-state index contributed by atoms with van der Waals surface area (Å²) < 4.78 is 16.1. The number of pyridine rings is 1. The maximum absolute atomic E-state index is 13.1. The van der Waals surface area contributed by atoms with Crippen LogP contribution in [-0.2, 0) is 6.42 Å². The van der Waals surface area contributed by atoms with Gasteiger partial charge in [-0.15, -0.1) is 0 Å². The van der Waals surface area contributed by atoms with Crippen molar-refractivity contribution in [2.75, 3.05) is 0 Å². The second-order valence-corrected chi connectivity index (χ2v) is 9.10. The van der Waals surface area contributed by atoms with Crippen molar-refractivity contribution < 1.29 is 23.7 Å². The van der Waals surface area contributed by atoms with Crippen LogP contribution in [0.5, 0.6) is 11.5 Å². The lowest BCUT2D eigenvalue weighted by Crippen LogP contribution is -2.19. The van der Waals surface area contributed by atoms with Crippen molar-refractivity contribution in [2.45, 2.75) is 20.3 Å². The average Bonchev–Trinajstić information content (AvgIpc) is 3.57. The lowest BCUT2D eigenvalue weighted by Gasteiger charge is -2.12. The summed E-state index contributed by atoms with van der Waals surface area (Å²) in [5.41, 5.74) is 2.16. The summed E-state index contributed by atoms with van der Waals surface area (Å²) in [5, 5.41) is 18.3. The molecule has 3 heterocycles. The van der Waals surface area contributed by atoms with Crippen molar-refractivity contribution >= 4 is 16.9 Å². The van der Waals surface area contributed by atoms with E-state index in [0.29, 0.717) is 51.4 Å². The fourth-order valence-electron chi connectivity index (χ4n) is 4.44. The van der Waals surface area contributed by atoms with Crippen molar-refractivity contribution in [3.05, 3.63) is 106 Å². The number of aromatic amines is 1. The molecule has 0 fully saturated rings. The molecule has 0 bridgehead atoms. The molecule has 0 saturated carbocycles. The monoisotopic (exact) mass is 535 g/mol. The summed E-state index contributed by atoms with van der Waals surface area (Å²) in [6, 6.07) is 19.2. The topological polar surface area (TPSA) is 157 Å². The predicted molar refractivity (Wildman–Crippen MR) is 143 cm³/mol. The largest absolute Gasteiger partial charge is 0.478 e. The van der Waals surface area contributed by atoms with Gasteiger partial charge in [-0.3, -0.25) is 4.79 Å². The van der Waals surface area contributed by atoms with Crippen LogP contribution in [-0.4, -0.2) is 36.3 Å². The van der Waals surface area contributed by atoms with E-state index in [1.165, 1.54) is 0 Å². The molecule has 0 atom stereocenters. The lowest BCUT2D eigenvalue weighted by molar-refractivity contribution is 0.0697. The predicted octanol–water partition coefficient (Wildman–Crippen LogP) is 5.33. The van der Waals surface area contributed by atoms with E-state index in [0.717, 1.165) is 11.1 Å². The molecule has 0 spiro atoms. The molecule has 0 aliphatic carbocycles. The maximum Gasteiger partial charge on any atom is 0.336 e. The Morgan fingerprint density at radius 3 is 2.20 bits per heavy atom. The summed E-state index contributed by atoms with van der Waals surface area (Å²) in [6.07, 6.45) is 0.124. The Labute approximate surface area is 226 Å². The first-order valence-corrected chi connectivity index (χ1v) is 12.2. The summed E-state index contributed by atoms with van der Waals surface area (Å²) in [4.78, 5) is 36.7. The first-order valence-electron chi connectivity index (χ1n) is 12.2. The highest BCUT2D eigenvalue weighted by molar-refractivity contribution is 6.04. The number of carbonyl (C=O) groups is 1. The van der Waals surface area contributed by atoms with E-state index in [1.54, 1.807) is 74.5 Å². The molecule has 0 amide bonds. The Bertz CT molecular complexity index is 1940. The number of carboxylic acid groups (broad SMARTS) is 1. The molecule has 6 rings (SSSR count). The number of benzene rings is 3. The Morgan fingerprint density at radius 2 is 1.55 bits per heavy atom. The molecule has 0 saturated heterocycles. The van der Waals surface area contributed by atoms with Crippen LogP contribution in [0, 0.1) is 13.8 Å². The first kappa shape index (κ1) is 24.7. The van der Waals surface area contributed by atoms with Crippen molar-refractivity contribution in [3.8, 4) is 34.3 Å². The SMILES string of the molecule is Cc1nc(-c2ccc(Cc3c(C(=O)O)c4ccc(Oc5cccc(-c6noc(C)n6)c5)cc4[nH]c3=O)cc2)no1. The van der Waals surface area contributed by atoms with E-state index in [-0.39, 0.29) is 17.5 Å². The minimum Gasteiger partial charge on any atom is -0.478 e. The molecule has 3 aromatic heterocycles. The molecule has 3 aromatic carbocycles. The van der Waals surface area contributed by atoms with Gasteiger partial charge in [-0.1, -0.05) is 46.7 Å². The third-order valence-corrected chi connectivity index (χ3v) is 6.27. The van der Waals surface area contributed by atoms with Crippen molar-refractivity contribution in [1.29, 1.82) is 0 Å². The van der Waals surface area contributed by atoms with E-state index >= 15 is 0 Å². The third kappa shape index (κ3) is 4.83. The fourth-order valence-corrected chi connectivity index (χ4v) is 4.44. The zero-order chi connectivity index (χ0) is 27.8. The van der Waals surface area contributed by atoms with Gasteiger partial charge in [0.2, 0.25) is 23.4 Å². The van der Waals surface area contributed by atoms with E-state index in [4.69, 9.17) is 13.8 Å². The second kappa shape index (κ2) is 9.95. The van der Waals surface area contributed by atoms with Crippen LogP contribution in [0.25, 0.3) is 33.7 Å². The number of hydrogen-bond donors (Lipinski definition) is 2. The molecule has 198 valence electrons. The Hall–Kier alpha value is -5.58. The van der Waals surface area contributed by atoms with Crippen LogP contribution in [0.15, 0.2) is 80.6 Å². The van der Waals surface area contributed by atoms with Gasteiger partial charge in [-0.05, 0) is 29.8 Å². The number of aromatic nitrogens is 5. The fraction of sp³-hybridized carbons (Fsp3) is 0.103. The first-order chi connectivity index (χ1) is 19.3. The molecule has 0 aliphatic heterocycles. The quantitative estimate of drug-likeness (QED) is 0.274. The van der Waals surface area contributed by atoms with Crippen LogP contribution >= 0.6 is 0 Å². The molecular weight excluding hydrogens is 514 g/mol. The van der Waals surface area contributed by atoms with Gasteiger partial charge in [0.25, 0.3) is 5.56 Å². The summed E-state index contributed by atoms with van der Waals surface area (Å²) in [7, 11) is 0. The van der Waals surface area contributed by atoms with Gasteiger partial charge in [-0.25, -0.2) is 4.79 Å². The van der Waals surface area contributed by atoms with E-state index in [2.05, 4.69) is 25.3 Å². The summed E-state index contributed by atoms with van der Waals surface area (Å²) in [6.45, 7) is 3.41. The minimum atomic E-state index is -1.19. The molecule has 0 aliphatic rings. The van der Waals surface area contributed by atoms with E-state index in [9.17, 15) is 14.7 Å². The molecule has 40 heavy (non-hydrogen) atoms. The zero-order valence-corrected chi connectivity index (χ0v) is 21.3. The highest BCUT2D eigenvalue weighted by Crippen LogP contribution is 2.30. The second-order valence-electron chi connectivity index (χ2n) is 9.10. The number of aromatic carboxylic acids is 1. The summed E-state index contributed by atoms with van der Waals surface area (Å²) in [5.74, 6) is 1.52. The number of nitrogens with zero attached hydrogens (tertiary/aromatic N) is 4. The molecule has 11 heteroatoms. The van der Waals surface area contributed by atoms with E-state index in [1.807, 2.05) is 6.07 Å². The van der Waals surface area contributed by atoms with Crippen molar-refractivity contribution in [3.63, 3.8) is 0 Å². The van der Waals surface area contributed by atoms with Gasteiger partial charge in [-0.2, -0.15) is 9.97 Å². The number of hydrogen-bond acceptors (Lipinski definition) is 9. The lowest BCUT2D eigenvalue weighted by atomic mass is 9.97. The minimum absolute atomic E-state index is 0.0577. The van der Waals surface area contributed by atoms with Crippen LogP contribution in [0.2, 0.25) is 0 Å². The van der Waals surface area contributed by atoms with Gasteiger partial charge in [0.15, 0.2) is 0 Å². The van der Waals surface area contributed by atoms with Crippen molar-refractivity contribution in [2.24, 2.45) is 0 Å². The number of rotatable bonds is 7. The van der Waals surface area contributed by atoms with Gasteiger partial charge in [0, 0.05) is 48.4 Å². The average molecular weight is 536 g/mol. The van der Waals surface area contributed by atoms with Crippen LogP contribution in [0.4, 0.5) is 0 Å². The standard InChI is InChI=1S/C29H21N5O6/c1-15-30-26(33-39-15)18-8-6-17(7-9-18)12-23-25(29(36)37)22-11-10-21(14-24(22)32-28(23)35)38-20-5-3-4-19(13-20)27-31-16(2)40-34-27/h3-11,13-14H,12H2,1-2H3,(H,32,35)(H,36,37). The smallest absolute Gasteiger partial charge is 0.336 e. The molecule has 2 N–H and O–H groups in total. The number of ether oxygens (including phenoxy) is 1. The van der Waals surface area contributed by atoms with Gasteiger partial charge in [0.1, 0.15) is 11.5 Å². The normalized spacial score (nSPS) is 11.2.